The van der Waals surface area contributed by atoms with Gasteiger partial charge in [0.25, 0.3) is 0 Å². The first-order chi connectivity index (χ1) is 8.77. The van der Waals surface area contributed by atoms with E-state index in [1.165, 1.54) is 37.3 Å². The monoisotopic (exact) mass is 271 g/mol. The second-order valence-electron chi connectivity index (χ2n) is 6.08. The van der Waals surface area contributed by atoms with Gasteiger partial charge in [-0.3, -0.25) is 4.90 Å². The summed E-state index contributed by atoms with van der Waals surface area (Å²) in [5.74, 6) is 2.52. The second-order valence-corrected chi connectivity index (χ2v) is 7.31. The van der Waals surface area contributed by atoms with Gasteiger partial charge in [0.05, 0.1) is 11.7 Å². The van der Waals surface area contributed by atoms with Crippen LogP contribution >= 0.6 is 11.8 Å². The second kappa shape index (κ2) is 5.70. The average Bonchev–Trinajstić information content (AvgIpc) is 2.40. The predicted octanol–water partition coefficient (Wildman–Crippen LogP) is 1.89. The molecule has 0 aromatic heterocycles. The molecule has 0 saturated carbocycles. The fourth-order valence-electron chi connectivity index (χ4n) is 3.72. The van der Waals surface area contributed by atoms with Gasteiger partial charge in [-0.25, -0.2) is 0 Å². The van der Waals surface area contributed by atoms with E-state index in [0.29, 0.717) is 6.04 Å². The third-order valence-corrected chi connectivity index (χ3v) is 5.80. The number of thioether (sulfide) groups is 1. The molecule has 2 unspecified atom stereocenters. The Balaban J connectivity index is 1.62. The van der Waals surface area contributed by atoms with Crippen LogP contribution in [-0.4, -0.2) is 59.0 Å². The standard InChI is InChI=1S/C14H25NO2S/c16-13-2-1-6-15(11-13)12-3-7-17-14(10-12)4-8-18-9-5-14/h12-13,16H,1-11H2. The topological polar surface area (TPSA) is 32.7 Å². The van der Waals surface area contributed by atoms with Crippen LogP contribution in [-0.2, 0) is 4.74 Å². The maximum absolute atomic E-state index is 9.84. The number of likely N-dealkylation sites (tertiary alicyclic amines) is 1. The van der Waals surface area contributed by atoms with E-state index in [1.54, 1.807) is 0 Å². The number of piperidine rings is 1. The summed E-state index contributed by atoms with van der Waals surface area (Å²) in [6, 6.07) is 0.650. The molecule has 0 radical (unpaired) electrons. The molecule has 0 aliphatic carbocycles. The van der Waals surface area contributed by atoms with Crippen molar-refractivity contribution in [2.75, 3.05) is 31.2 Å². The first-order valence-electron chi connectivity index (χ1n) is 7.41. The highest BCUT2D eigenvalue weighted by Crippen LogP contribution is 2.39. The van der Waals surface area contributed by atoms with Crippen molar-refractivity contribution in [1.82, 2.24) is 4.90 Å². The van der Waals surface area contributed by atoms with E-state index in [0.717, 1.165) is 32.4 Å². The van der Waals surface area contributed by atoms with E-state index in [-0.39, 0.29) is 11.7 Å². The fourth-order valence-corrected chi connectivity index (χ4v) is 4.96. The van der Waals surface area contributed by atoms with Gasteiger partial charge in [-0.1, -0.05) is 0 Å². The van der Waals surface area contributed by atoms with Crippen LogP contribution in [0.4, 0.5) is 0 Å². The fraction of sp³-hybridized carbons (Fsp3) is 1.00. The largest absolute Gasteiger partial charge is 0.392 e. The van der Waals surface area contributed by atoms with Gasteiger partial charge in [-0.2, -0.15) is 11.8 Å². The van der Waals surface area contributed by atoms with Gasteiger partial charge in [0.2, 0.25) is 0 Å². The smallest absolute Gasteiger partial charge is 0.0713 e. The van der Waals surface area contributed by atoms with E-state index >= 15 is 0 Å². The Labute approximate surface area is 114 Å². The molecule has 4 heteroatoms. The number of aliphatic hydroxyl groups is 1. The highest BCUT2D eigenvalue weighted by molar-refractivity contribution is 7.99. The molecule has 3 aliphatic heterocycles. The van der Waals surface area contributed by atoms with E-state index in [2.05, 4.69) is 16.7 Å². The normalized spacial score (nSPS) is 37.8. The van der Waals surface area contributed by atoms with Crippen LogP contribution in [0.1, 0.15) is 38.5 Å². The molecule has 0 bridgehead atoms. The van der Waals surface area contributed by atoms with Gasteiger partial charge >= 0.3 is 0 Å². The zero-order chi connectivity index (χ0) is 12.4. The van der Waals surface area contributed by atoms with Gasteiger partial charge < -0.3 is 9.84 Å². The molecule has 3 saturated heterocycles. The molecule has 1 N–H and O–H groups in total. The molecule has 0 aromatic rings. The third-order valence-electron chi connectivity index (χ3n) is 4.82. The first-order valence-corrected chi connectivity index (χ1v) is 8.57. The third kappa shape index (κ3) is 2.87. The Kier molecular flexibility index (Phi) is 4.18. The van der Waals surface area contributed by atoms with E-state index in [4.69, 9.17) is 4.74 Å². The summed E-state index contributed by atoms with van der Waals surface area (Å²) >= 11 is 2.07. The molecule has 104 valence electrons. The molecule has 3 aliphatic rings. The van der Waals surface area contributed by atoms with Crippen LogP contribution in [0.25, 0.3) is 0 Å². The summed E-state index contributed by atoms with van der Waals surface area (Å²) in [6.07, 6.45) is 6.85. The van der Waals surface area contributed by atoms with Crippen molar-refractivity contribution in [2.24, 2.45) is 0 Å². The Bertz CT molecular complexity index is 275. The summed E-state index contributed by atoms with van der Waals surface area (Å²) in [7, 11) is 0. The number of β-amino-alcohol motifs (C(OH)–C–C–N with tert-alkyl or cyclic N) is 1. The minimum Gasteiger partial charge on any atom is -0.392 e. The Morgan fingerprint density at radius 2 is 2.06 bits per heavy atom. The minimum absolute atomic E-state index is 0.0977. The molecule has 3 heterocycles. The number of hydrogen-bond donors (Lipinski definition) is 1. The first kappa shape index (κ1) is 13.2. The number of rotatable bonds is 1. The highest BCUT2D eigenvalue weighted by atomic mass is 32.2. The molecule has 0 amide bonds. The van der Waals surface area contributed by atoms with E-state index in [9.17, 15) is 5.11 Å². The van der Waals surface area contributed by atoms with Gasteiger partial charge in [0.1, 0.15) is 0 Å². The Morgan fingerprint density at radius 3 is 2.83 bits per heavy atom. The Morgan fingerprint density at radius 1 is 1.22 bits per heavy atom. The van der Waals surface area contributed by atoms with Crippen molar-refractivity contribution in [3.63, 3.8) is 0 Å². The van der Waals surface area contributed by atoms with Gasteiger partial charge in [-0.15, -0.1) is 0 Å². The predicted molar refractivity (Wildman–Crippen MR) is 75.1 cm³/mol. The number of ether oxygens (including phenoxy) is 1. The van der Waals surface area contributed by atoms with Crippen LogP contribution in [0, 0.1) is 0 Å². The summed E-state index contributed by atoms with van der Waals surface area (Å²) in [5.41, 5.74) is 0.177. The lowest BCUT2D eigenvalue weighted by molar-refractivity contribution is -0.116. The summed E-state index contributed by atoms with van der Waals surface area (Å²) in [6.45, 7) is 2.98. The van der Waals surface area contributed by atoms with Crippen molar-refractivity contribution >= 4 is 11.8 Å². The lowest BCUT2D eigenvalue weighted by Gasteiger charge is -2.47. The zero-order valence-electron chi connectivity index (χ0n) is 11.1. The summed E-state index contributed by atoms with van der Waals surface area (Å²) < 4.78 is 6.15. The van der Waals surface area contributed by atoms with Crippen molar-refractivity contribution in [3.05, 3.63) is 0 Å². The number of nitrogens with zero attached hydrogens (tertiary/aromatic N) is 1. The minimum atomic E-state index is -0.0977. The lowest BCUT2D eigenvalue weighted by atomic mass is 9.84. The maximum atomic E-state index is 9.84. The van der Waals surface area contributed by atoms with Crippen LogP contribution < -0.4 is 0 Å². The van der Waals surface area contributed by atoms with Crippen molar-refractivity contribution in [2.45, 2.75) is 56.3 Å². The molecule has 3 nitrogen and oxygen atoms in total. The van der Waals surface area contributed by atoms with Gasteiger partial charge in [0, 0.05) is 19.2 Å². The van der Waals surface area contributed by atoms with Crippen LogP contribution in [0.3, 0.4) is 0 Å². The molecule has 1 spiro atoms. The summed E-state index contributed by atoms with van der Waals surface area (Å²) in [5, 5.41) is 9.84. The number of aliphatic hydroxyl groups excluding tert-OH is 1. The molecule has 2 atom stereocenters. The molecular formula is C14H25NO2S. The molecule has 3 rings (SSSR count). The van der Waals surface area contributed by atoms with Crippen molar-refractivity contribution < 1.29 is 9.84 Å². The van der Waals surface area contributed by atoms with Crippen LogP contribution in [0.5, 0.6) is 0 Å². The summed E-state index contributed by atoms with van der Waals surface area (Å²) in [4.78, 5) is 2.53. The molecule has 18 heavy (non-hydrogen) atoms. The molecular weight excluding hydrogens is 246 g/mol. The molecule has 0 aromatic carbocycles. The Hall–Kier alpha value is 0.230. The zero-order valence-corrected chi connectivity index (χ0v) is 12.0. The van der Waals surface area contributed by atoms with Gasteiger partial charge in [-0.05, 0) is 56.6 Å². The molecule has 3 fully saturated rings. The quantitative estimate of drug-likeness (QED) is 0.789. The van der Waals surface area contributed by atoms with E-state index in [1.807, 2.05) is 0 Å². The lowest BCUT2D eigenvalue weighted by Crippen LogP contribution is -2.53. The van der Waals surface area contributed by atoms with Crippen LogP contribution in [0.15, 0.2) is 0 Å². The van der Waals surface area contributed by atoms with Crippen LogP contribution in [0.2, 0.25) is 0 Å². The number of hydrogen-bond acceptors (Lipinski definition) is 4. The average molecular weight is 271 g/mol. The van der Waals surface area contributed by atoms with Crippen molar-refractivity contribution in [3.8, 4) is 0 Å². The van der Waals surface area contributed by atoms with Gasteiger partial charge in [0.15, 0.2) is 0 Å². The SMILES string of the molecule is OC1CCCN(C2CCOC3(CCSCC3)C2)C1. The highest BCUT2D eigenvalue weighted by Gasteiger charge is 2.41. The maximum Gasteiger partial charge on any atom is 0.0713 e. The van der Waals surface area contributed by atoms with Crippen molar-refractivity contribution in [1.29, 1.82) is 0 Å². The van der Waals surface area contributed by atoms with E-state index < -0.39 is 0 Å².